The molecule has 0 aliphatic carbocycles. The Balaban J connectivity index is 1.57. The second kappa shape index (κ2) is 8.66. The highest BCUT2D eigenvalue weighted by atomic mass is 19.2. The molecular formula is C21H22F3N7. The lowest BCUT2D eigenvalue weighted by Crippen LogP contribution is -2.47. The standard InChI is InChI=1S/C21H22F3N7/c1-13-19(25-2)28-21(29-20(13)27-14-11-15(22)18(24)16(23)12-14)31-9-7-30(8-10-31)17-5-3-4-6-26-17/h3-6,11-12H,7-10H2,1-2H3,(H2,25,27,28,29). The zero-order valence-electron chi connectivity index (χ0n) is 17.2. The van der Waals surface area contributed by atoms with E-state index in [1.54, 1.807) is 20.2 Å². The molecule has 2 aromatic heterocycles. The van der Waals surface area contributed by atoms with E-state index < -0.39 is 17.5 Å². The first-order chi connectivity index (χ1) is 15.0. The molecule has 1 aliphatic rings. The number of rotatable bonds is 5. The highest BCUT2D eigenvalue weighted by molar-refractivity contribution is 5.67. The van der Waals surface area contributed by atoms with Crippen molar-refractivity contribution < 1.29 is 13.2 Å². The molecule has 162 valence electrons. The van der Waals surface area contributed by atoms with Crippen molar-refractivity contribution in [2.45, 2.75) is 6.92 Å². The molecule has 3 aromatic rings. The van der Waals surface area contributed by atoms with Gasteiger partial charge in [-0.15, -0.1) is 0 Å². The summed E-state index contributed by atoms with van der Waals surface area (Å²) in [6.07, 6.45) is 1.77. The van der Waals surface area contributed by atoms with Gasteiger partial charge in [0, 0.05) is 62.8 Å². The van der Waals surface area contributed by atoms with Crippen LogP contribution >= 0.6 is 0 Å². The van der Waals surface area contributed by atoms with E-state index in [4.69, 9.17) is 0 Å². The number of hydrogen-bond donors (Lipinski definition) is 2. The summed E-state index contributed by atoms with van der Waals surface area (Å²) >= 11 is 0. The number of benzene rings is 1. The lowest BCUT2D eigenvalue weighted by molar-refractivity contribution is 0.448. The number of halogens is 3. The predicted octanol–water partition coefficient (Wildman–Crippen LogP) is 3.71. The van der Waals surface area contributed by atoms with Crippen LogP contribution in [0.5, 0.6) is 0 Å². The maximum atomic E-state index is 13.6. The lowest BCUT2D eigenvalue weighted by Gasteiger charge is -2.35. The van der Waals surface area contributed by atoms with Crippen molar-refractivity contribution in [3.8, 4) is 0 Å². The van der Waals surface area contributed by atoms with Crippen LogP contribution in [0.25, 0.3) is 0 Å². The van der Waals surface area contributed by atoms with Crippen LogP contribution in [0.4, 0.5) is 42.3 Å². The first kappa shape index (κ1) is 20.7. The van der Waals surface area contributed by atoms with E-state index in [2.05, 4.69) is 30.5 Å². The van der Waals surface area contributed by atoms with Gasteiger partial charge in [0.25, 0.3) is 0 Å². The Morgan fingerprint density at radius 1 is 0.903 bits per heavy atom. The molecule has 31 heavy (non-hydrogen) atoms. The minimum Gasteiger partial charge on any atom is -0.373 e. The topological polar surface area (TPSA) is 69.2 Å². The Bertz CT molecular complexity index is 1050. The highest BCUT2D eigenvalue weighted by Gasteiger charge is 2.22. The average Bonchev–Trinajstić information content (AvgIpc) is 2.79. The molecule has 1 saturated heterocycles. The molecule has 0 spiro atoms. The van der Waals surface area contributed by atoms with Crippen LogP contribution < -0.4 is 20.4 Å². The SMILES string of the molecule is CNc1nc(N2CCN(c3ccccn3)CC2)nc(Nc2cc(F)c(F)c(F)c2)c1C. The normalized spacial score (nSPS) is 14.0. The monoisotopic (exact) mass is 429 g/mol. The van der Waals surface area contributed by atoms with Crippen molar-refractivity contribution in [3.63, 3.8) is 0 Å². The summed E-state index contributed by atoms with van der Waals surface area (Å²) < 4.78 is 40.5. The molecule has 7 nitrogen and oxygen atoms in total. The Hall–Kier alpha value is -3.56. The fraction of sp³-hybridized carbons (Fsp3) is 0.286. The molecule has 10 heteroatoms. The Morgan fingerprint density at radius 3 is 2.16 bits per heavy atom. The van der Waals surface area contributed by atoms with Crippen molar-refractivity contribution in [2.75, 3.05) is 53.7 Å². The smallest absolute Gasteiger partial charge is 0.229 e. The fourth-order valence-electron chi connectivity index (χ4n) is 3.45. The van der Waals surface area contributed by atoms with Gasteiger partial charge in [0.1, 0.15) is 17.5 Å². The van der Waals surface area contributed by atoms with Crippen LogP contribution in [0.1, 0.15) is 5.56 Å². The third kappa shape index (κ3) is 4.32. The molecule has 0 amide bonds. The van der Waals surface area contributed by atoms with E-state index in [-0.39, 0.29) is 5.69 Å². The van der Waals surface area contributed by atoms with E-state index in [1.807, 2.05) is 23.1 Å². The van der Waals surface area contributed by atoms with E-state index >= 15 is 0 Å². The second-order valence-electron chi connectivity index (χ2n) is 7.14. The Labute approximate surface area is 178 Å². The molecule has 3 heterocycles. The number of aromatic nitrogens is 3. The van der Waals surface area contributed by atoms with Gasteiger partial charge in [-0.25, -0.2) is 18.2 Å². The minimum absolute atomic E-state index is 0.0613. The first-order valence-corrected chi connectivity index (χ1v) is 9.85. The van der Waals surface area contributed by atoms with Crippen molar-refractivity contribution in [1.29, 1.82) is 0 Å². The summed E-state index contributed by atoms with van der Waals surface area (Å²) in [5, 5.41) is 5.91. The minimum atomic E-state index is -1.51. The van der Waals surface area contributed by atoms with Crippen LogP contribution in [0.15, 0.2) is 36.5 Å². The van der Waals surface area contributed by atoms with Crippen LogP contribution in [0, 0.1) is 24.4 Å². The van der Waals surface area contributed by atoms with E-state index in [0.717, 1.165) is 31.0 Å². The van der Waals surface area contributed by atoms with Crippen LogP contribution in [-0.2, 0) is 0 Å². The van der Waals surface area contributed by atoms with Gasteiger partial charge in [-0.1, -0.05) is 6.07 Å². The Kier molecular flexibility index (Phi) is 5.79. The van der Waals surface area contributed by atoms with Crippen molar-refractivity contribution in [2.24, 2.45) is 0 Å². The van der Waals surface area contributed by atoms with E-state index in [9.17, 15) is 13.2 Å². The van der Waals surface area contributed by atoms with Crippen LogP contribution in [0.2, 0.25) is 0 Å². The average molecular weight is 429 g/mol. The van der Waals surface area contributed by atoms with Gasteiger partial charge in [0.15, 0.2) is 17.5 Å². The van der Waals surface area contributed by atoms with Gasteiger partial charge < -0.3 is 20.4 Å². The molecule has 1 aliphatic heterocycles. The number of nitrogens with zero attached hydrogens (tertiary/aromatic N) is 5. The van der Waals surface area contributed by atoms with Gasteiger partial charge in [-0.05, 0) is 19.1 Å². The molecule has 0 bridgehead atoms. The quantitative estimate of drug-likeness (QED) is 0.600. The molecule has 0 unspecified atom stereocenters. The number of anilines is 5. The zero-order chi connectivity index (χ0) is 22.0. The van der Waals surface area contributed by atoms with Gasteiger partial charge >= 0.3 is 0 Å². The molecule has 2 N–H and O–H groups in total. The predicted molar refractivity (Wildman–Crippen MR) is 115 cm³/mol. The van der Waals surface area contributed by atoms with E-state index in [1.165, 1.54) is 0 Å². The summed E-state index contributed by atoms with van der Waals surface area (Å²) in [5.41, 5.74) is 0.731. The summed E-state index contributed by atoms with van der Waals surface area (Å²) in [6, 6.07) is 7.59. The molecule has 0 saturated carbocycles. The Morgan fingerprint density at radius 2 is 1.55 bits per heavy atom. The first-order valence-electron chi connectivity index (χ1n) is 9.85. The van der Waals surface area contributed by atoms with Crippen LogP contribution in [0.3, 0.4) is 0 Å². The van der Waals surface area contributed by atoms with Crippen molar-refractivity contribution >= 4 is 29.1 Å². The van der Waals surface area contributed by atoms with Gasteiger partial charge in [0.05, 0.1) is 0 Å². The maximum absolute atomic E-state index is 13.6. The number of hydrogen-bond acceptors (Lipinski definition) is 7. The van der Waals surface area contributed by atoms with Crippen molar-refractivity contribution in [1.82, 2.24) is 15.0 Å². The molecule has 0 radical (unpaired) electrons. The number of pyridine rings is 1. The molecule has 4 rings (SSSR count). The fourth-order valence-corrected chi connectivity index (χ4v) is 3.45. The number of nitrogens with one attached hydrogen (secondary N) is 2. The molecule has 1 aromatic carbocycles. The van der Waals surface area contributed by atoms with Gasteiger partial charge in [0.2, 0.25) is 5.95 Å². The summed E-state index contributed by atoms with van der Waals surface area (Å²) in [6.45, 7) is 4.65. The second-order valence-corrected chi connectivity index (χ2v) is 7.14. The molecule has 1 fully saturated rings. The van der Waals surface area contributed by atoms with E-state index in [0.29, 0.717) is 36.2 Å². The third-order valence-electron chi connectivity index (χ3n) is 5.15. The summed E-state index contributed by atoms with van der Waals surface area (Å²) in [5.74, 6) is -1.67. The van der Waals surface area contributed by atoms with Crippen LogP contribution in [-0.4, -0.2) is 48.2 Å². The summed E-state index contributed by atoms with van der Waals surface area (Å²) in [4.78, 5) is 17.8. The van der Waals surface area contributed by atoms with Gasteiger partial charge in [-0.2, -0.15) is 9.97 Å². The molecular weight excluding hydrogens is 407 g/mol. The third-order valence-corrected chi connectivity index (χ3v) is 5.15. The summed E-state index contributed by atoms with van der Waals surface area (Å²) in [7, 11) is 1.74. The highest BCUT2D eigenvalue weighted by Crippen LogP contribution is 2.28. The lowest BCUT2D eigenvalue weighted by atomic mass is 10.2. The van der Waals surface area contributed by atoms with Gasteiger partial charge in [-0.3, -0.25) is 0 Å². The largest absolute Gasteiger partial charge is 0.373 e. The maximum Gasteiger partial charge on any atom is 0.229 e. The molecule has 0 atom stereocenters. The number of piperazine rings is 1. The zero-order valence-corrected chi connectivity index (χ0v) is 17.2. The van der Waals surface area contributed by atoms with Crippen molar-refractivity contribution in [3.05, 3.63) is 59.5 Å².